The summed E-state index contributed by atoms with van der Waals surface area (Å²) < 4.78 is 54.0. The summed E-state index contributed by atoms with van der Waals surface area (Å²) in [5.41, 5.74) is 0. The Morgan fingerprint density at radius 1 is 0.629 bits per heavy atom. The third-order valence-electron chi connectivity index (χ3n) is 6.55. The van der Waals surface area contributed by atoms with E-state index in [1.807, 2.05) is 0 Å². The first-order valence-electron chi connectivity index (χ1n) is 11.9. The Morgan fingerprint density at radius 2 is 1.06 bits per heavy atom. The van der Waals surface area contributed by atoms with Gasteiger partial charge in [-0.2, -0.15) is 8.61 Å². The lowest BCUT2D eigenvalue weighted by molar-refractivity contribution is -0.132. The average Bonchev–Trinajstić information content (AvgIpc) is 2.90. The number of nitrogens with zero attached hydrogens (tertiary/aromatic N) is 4. The van der Waals surface area contributed by atoms with Gasteiger partial charge in [-0.1, -0.05) is 36.4 Å². The van der Waals surface area contributed by atoms with Crippen molar-refractivity contribution in [3.63, 3.8) is 0 Å². The maximum atomic E-state index is 12.8. The van der Waals surface area contributed by atoms with Gasteiger partial charge in [0.15, 0.2) is 0 Å². The second-order valence-corrected chi connectivity index (χ2v) is 12.6. The Kier molecular flexibility index (Phi) is 8.23. The van der Waals surface area contributed by atoms with Crippen molar-refractivity contribution in [1.82, 2.24) is 18.4 Å². The van der Waals surface area contributed by atoms with Crippen LogP contribution in [-0.4, -0.2) is 100 Å². The number of benzene rings is 2. The molecule has 9 nitrogen and oxygen atoms in total. The molecular weight excluding hydrogens is 488 g/mol. The number of hydrogen-bond acceptors (Lipinski definition) is 6. The van der Waals surface area contributed by atoms with Gasteiger partial charge in [0, 0.05) is 58.8 Å². The average molecular weight is 521 g/mol. The van der Waals surface area contributed by atoms with Crippen molar-refractivity contribution in [3.05, 3.63) is 60.7 Å². The predicted octanol–water partition coefficient (Wildman–Crippen LogP) is 1.31. The van der Waals surface area contributed by atoms with Gasteiger partial charge in [0.2, 0.25) is 26.0 Å². The van der Waals surface area contributed by atoms with E-state index in [1.54, 1.807) is 65.6 Å². The number of amides is 1. The molecule has 2 saturated heterocycles. The molecule has 2 heterocycles. The summed E-state index contributed by atoms with van der Waals surface area (Å²) >= 11 is 0. The van der Waals surface area contributed by atoms with Gasteiger partial charge < -0.3 is 9.80 Å². The summed E-state index contributed by atoms with van der Waals surface area (Å²) in [5, 5.41) is 0. The molecule has 2 aromatic carbocycles. The third kappa shape index (κ3) is 6.10. The highest BCUT2D eigenvalue weighted by Gasteiger charge is 2.30. The van der Waals surface area contributed by atoms with E-state index in [4.69, 9.17) is 0 Å². The fourth-order valence-electron chi connectivity index (χ4n) is 4.47. The number of piperazine rings is 2. The van der Waals surface area contributed by atoms with Crippen LogP contribution >= 0.6 is 0 Å². The molecule has 2 aromatic rings. The molecule has 11 heteroatoms. The molecule has 0 aliphatic carbocycles. The SMILES string of the molecule is O=C(CCCN1CCN(S(=O)(=O)c2ccccc2)CC1)N1CCN(S(=O)(=O)c2ccccc2)CC1. The zero-order valence-corrected chi connectivity index (χ0v) is 21.3. The van der Waals surface area contributed by atoms with Crippen molar-refractivity contribution in [2.45, 2.75) is 22.6 Å². The van der Waals surface area contributed by atoms with Crippen molar-refractivity contribution < 1.29 is 21.6 Å². The second kappa shape index (κ2) is 11.2. The molecule has 2 aliphatic rings. The van der Waals surface area contributed by atoms with Crippen LogP contribution in [0.25, 0.3) is 0 Å². The second-order valence-electron chi connectivity index (χ2n) is 8.76. The Bertz CT molecular complexity index is 1190. The molecule has 2 fully saturated rings. The molecule has 4 rings (SSSR count). The van der Waals surface area contributed by atoms with Crippen LogP contribution in [0.4, 0.5) is 0 Å². The largest absolute Gasteiger partial charge is 0.340 e. The summed E-state index contributed by atoms with van der Waals surface area (Å²) in [6.45, 7) is 4.23. The highest BCUT2D eigenvalue weighted by Crippen LogP contribution is 2.19. The van der Waals surface area contributed by atoms with Gasteiger partial charge in [-0.15, -0.1) is 0 Å². The maximum absolute atomic E-state index is 12.8. The molecule has 1 amide bonds. The van der Waals surface area contributed by atoms with E-state index in [0.29, 0.717) is 70.1 Å². The number of carbonyl (C=O) groups excluding carboxylic acids is 1. The Balaban J connectivity index is 1.18. The lowest BCUT2D eigenvalue weighted by atomic mass is 10.2. The molecule has 0 bridgehead atoms. The van der Waals surface area contributed by atoms with E-state index in [9.17, 15) is 21.6 Å². The number of sulfonamides is 2. The van der Waals surface area contributed by atoms with Crippen LogP contribution < -0.4 is 0 Å². The summed E-state index contributed by atoms with van der Waals surface area (Å²) in [6, 6.07) is 16.8. The van der Waals surface area contributed by atoms with Crippen LogP contribution in [0.2, 0.25) is 0 Å². The topological polar surface area (TPSA) is 98.3 Å². The smallest absolute Gasteiger partial charge is 0.243 e. The zero-order chi connectivity index (χ0) is 24.9. The molecule has 35 heavy (non-hydrogen) atoms. The summed E-state index contributed by atoms with van der Waals surface area (Å²) in [7, 11) is -7.00. The Labute approximate surface area is 208 Å². The molecule has 190 valence electrons. The molecule has 2 aliphatic heterocycles. The Hall–Kier alpha value is -2.31. The summed E-state index contributed by atoms with van der Waals surface area (Å²) in [5.74, 6) is 0.0343. The van der Waals surface area contributed by atoms with Gasteiger partial charge in [0.25, 0.3) is 0 Å². The number of carbonyl (C=O) groups is 1. The molecule has 0 spiro atoms. The van der Waals surface area contributed by atoms with Crippen molar-refractivity contribution in [1.29, 1.82) is 0 Å². The van der Waals surface area contributed by atoms with E-state index in [-0.39, 0.29) is 10.8 Å². The van der Waals surface area contributed by atoms with Crippen molar-refractivity contribution in [2.75, 3.05) is 58.9 Å². The van der Waals surface area contributed by atoms with Crippen LogP contribution in [0.1, 0.15) is 12.8 Å². The lowest BCUT2D eigenvalue weighted by Crippen LogP contribution is -2.50. The fraction of sp³-hybridized carbons (Fsp3) is 0.458. The number of rotatable bonds is 8. The van der Waals surface area contributed by atoms with Crippen LogP contribution in [0.15, 0.2) is 70.5 Å². The minimum absolute atomic E-state index is 0.0343. The molecule has 0 radical (unpaired) electrons. The first-order valence-corrected chi connectivity index (χ1v) is 14.8. The normalized spacial score (nSPS) is 19.0. The number of hydrogen-bond donors (Lipinski definition) is 0. The van der Waals surface area contributed by atoms with E-state index >= 15 is 0 Å². The molecule has 0 atom stereocenters. The van der Waals surface area contributed by atoms with Crippen molar-refractivity contribution in [2.24, 2.45) is 0 Å². The van der Waals surface area contributed by atoms with Gasteiger partial charge in [0.05, 0.1) is 9.79 Å². The third-order valence-corrected chi connectivity index (χ3v) is 10.4. The van der Waals surface area contributed by atoms with Gasteiger partial charge in [0.1, 0.15) is 0 Å². The van der Waals surface area contributed by atoms with Crippen LogP contribution in [0.5, 0.6) is 0 Å². The summed E-state index contributed by atoms with van der Waals surface area (Å²) in [6.07, 6.45) is 1.08. The molecule has 0 N–H and O–H groups in total. The van der Waals surface area contributed by atoms with Crippen molar-refractivity contribution >= 4 is 26.0 Å². The van der Waals surface area contributed by atoms with Crippen molar-refractivity contribution in [3.8, 4) is 0 Å². The van der Waals surface area contributed by atoms with Gasteiger partial charge in [-0.3, -0.25) is 4.79 Å². The van der Waals surface area contributed by atoms with Crippen LogP contribution in [-0.2, 0) is 24.8 Å². The monoisotopic (exact) mass is 520 g/mol. The molecule has 0 saturated carbocycles. The molecular formula is C24H32N4O5S2. The van der Waals surface area contributed by atoms with E-state index < -0.39 is 20.0 Å². The first-order chi connectivity index (χ1) is 16.8. The zero-order valence-electron chi connectivity index (χ0n) is 19.7. The maximum Gasteiger partial charge on any atom is 0.243 e. The molecule has 0 unspecified atom stereocenters. The first kappa shape index (κ1) is 25.8. The highest BCUT2D eigenvalue weighted by molar-refractivity contribution is 7.89. The minimum Gasteiger partial charge on any atom is -0.340 e. The van der Waals surface area contributed by atoms with Crippen LogP contribution in [0.3, 0.4) is 0 Å². The van der Waals surface area contributed by atoms with Gasteiger partial charge in [-0.05, 0) is 37.2 Å². The summed E-state index contributed by atoms with van der Waals surface area (Å²) in [4.78, 5) is 17.2. The fourth-order valence-corrected chi connectivity index (χ4v) is 7.35. The predicted molar refractivity (Wildman–Crippen MR) is 133 cm³/mol. The quantitative estimate of drug-likeness (QED) is 0.521. The van der Waals surface area contributed by atoms with E-state index in [0.717, 1.165) is 6.54 Å². The van der Waals surface area contributed by atoms with Gasteiger partial charge >= 0.3 is 0 Å². The minimum atomic E-state index is -3.53. The van der Waals surface area contributed by atoms with Crippen LogP contribution in [0, 0.1) is 0 Å². The highest BCUT2D eigenvalue weighted by atomic mass is 32.2. The lowest BCUT2D eigenvalue weighted by Gasteiger charge is -2.35. The standard InChI is InChI=1S/C24H32N4O5S2/c29-24(26-16-20-28(21-17-26)35(32,33)23-10-5-2-6-11-23)12-7-13-25-14-18-27(19-15-25)34(30,31)22-8-3-1-4-9-22/h1-6,8-11H,7,12-21H2. The Morgan fingerprint density at radius 3 is 1.51 bits per heavy atom. The van der Waals surface area contributed by atoms with E-state index in [2.05, 4.69) is 4.90 Å². The van der Waals surface area contributed by atoms with Gasteiger partial charge in [-0.25, -0.2) is 16.8 Å². The molecule has 0 aromatic heterocycles. The van der Waals surface area contributed by atoms with E-state index in [1.165, 1.54) is 8.61 Å².